The van der Waals surface area contributed by atoms with E-state index < -0.39 is 10.0 Å². The van der Waals surface area contributed by atoms with Crippen molar-refractivity contribution in [2.75, 3.05) is 19.4 Å². The summed E-state index contributed by atoms with van der Waals surface area (Å²) in [6, 6.07) is 9.64. The number of phenolic OH excluding ortho intramolecular Hbond substituents is 1. The topological polar surface area (TPSA) is 91.6 Å². The molecule has 0 aliphatic carbocycles. The average Bonchev–Trinajstić information content (AvgIpc) is 3.11. The molecule has 1 aliphatic rings. The van der Waals surface area contributed by atoms with E-state index in [0.29, 0.717) is 16.8 Å². The minimum atomic E-state index is -3.62. The highest BCUT2D eigenvalue weighted by molar-refractivity contribution is 7.89. The summed E-state index contributed by atoms with van der Waals surface area (Å²) in [4.78, 5) is 12.7. The molecule has 28 heavy (non-hydrogen) atoms. The first-order chi connectivity index (χ1) is 13.2. The third-order valence-electron chi connectivity index (χ3n) is 4.86. The molecule has 0 radical (unpaired) electrons. The number of carbonyl (C=O) groups is 1. The normalized spacial score (nSPS) is 15.4. The number of nitrogens with one attached hydrogen (secondary N) is 1. The maximum atomic E-state index is 12.5. The number of phenols is 1. The van der Waals surface area contributed by atoms with Crippen LogP contribution in [0.2, 0.25) is 0 Å². The van der Waals surface area contributed by atoms with Crippen LogP contribution in [0.1, 0.15) is 11.1 Å². The van der Waals surface area contributed by atoms with Gasteiger partial charge in [0.05, 0.1) is 4.90 Å². The summed E-state index contributed by atoms with van der Waals surface area (Å²) >= 11 is 0. The van der Waals surface area contributed by atoms with Crippen molar-refractivity contribution in [2.24, 2.45) is 7.05 Å². The number of hydrogen-bond acceptors (Lipinski definition) is 4. The van der Waals surface area contributed by atoms with Crippen LogP contribution in [0.5, 0.6) is 5.75 Å². The first kappa shape index (κ1) is 18.3. The Bertz CT molecular complexity index is 1270. The van der Waals surface area contributed by atoms with E-state index in [9.17, 15) is 18.3 Å². The van der Waals surface area contributed by atoms with Crippen molar-refractivity contribution in [3.05, 3.63) is 53.7 Å². The highest BCUT2D eigenvalue weighted by Crippen LogP contribution is 2.36. The number of aryl methyl sites for hydroxylation is 1. The van der Waals surface area contributed by atoms with Crippen LogP contribution in [0.3, 0.4) is 0 Å². The Morgan fingerprint density at radius 3 is 2.61 bits per heavy atom. The Labute approximate surface area is 162 Å². The molecule has 0 unspecified atom stereocenters. The number of hydrogen-bond donors (Lipinski definition) is 2. The lowest BCUT2D eigenvalue weighted by Crippen LogP contribution is -2.22. The van der Waals surface area contributed by atoms with E-state index in [0.717, 1.165) is 20.8 Å². The first-order valence-electron chi connectivity index (χ1n) is 8.56. The molecule has 2 heterocycles. The van der Waals surface area contributed by atoms with Gasteiger partial charge in [-0.1, -0.05) is 0 Å². The molecule has 0 saturated carbocycles. The van der Waals surface area contributed by atoms with Gasteiger partial charge in [0.25, 0.3) is 5.91 Å². The van der Waals surface area contributed by atoms with Crippen LogP contribution in [0.15, 0.2) is 47.5 Å². The number of fused-ring (bicyclic) bond motifs is 2. The van der Waals surface area contributed by atoms with Crippen LogP contribution in [0, 0.1) is 0 Å². The van der Waals surface area contributed by atoms with E-state index in [2.05, 4.69) is 5.32 Å². The van der Waals surface area contributed by atoms with Crippen molar-refractivity contribution in [2.45, 2.75) is 4.90 Å². The molecule has 0 spiro atoms. The molecule has 8 heteroatoms. The summed E-state index contributed by atoms with van der Waals surface area (Å²) < 4.78 is 28.0. The minimum absolute atomic E-state index is 0.120. The summed E-state index contributed by atoms with van der Waals surface area (Å²) in [5.41, 5.74) is 3.14. The van der Waals surface area contributed by atoms with E-state index in [-0.39, 0.29) is 16.6 Å². The molecule has 0 fully saturated rings. The summed E-state index contributed by atoms with van der Waals surface area (Å²) in [7, 11) is 1.19. The second-order valence-electron chi connectivity index (χ2n) is 6.90. The molecule has 3 aromatic rings. The van der Waals surface area contributed by atoms with Crippen molar-refractivity contribution in [3.63, 3.8) is 0 Å². The number of nitrogens with zero attached hydrogens (tertiary/aromatic N) is 2. The Hall–Kier alpha value is -3.10. The second kappa shape index (κ2) is 6.22. The van der Waals surface area contributed by atoms with Gasteiger partial charge in [0.15, 0.2) is 0 Å². The fourth-order valence-corrected chi connectivity index (χ4v) is 4.29. The number of aromatic hydroxyl groups is 1. The zero-order valence-corrected chi connectivity index (χ0v) is 16.4. The lowest BCUT2D eigenvalue weighted by Gasteiger charge is -2.12. The van der Waals surface area contributed by atoms with Gasteiger partial charge in [-0.25, -0.2) is 12.7 Å². The fraction of sp³-hybridized carbons (Fsp3) is 0.150. The van der Waals surface area contributed by atoms with E-state index in [1.165, 1.54) is 26.2 Å². The molecule has 4 rings (SSSR count). The van der Waals surface area contributed by atoms with Gasteiger partial charge in [0, 0.05) is 60.6 Å². The fourth-order valence-electron chi connectivity index (χ4n) is 3.36. The van der Waals surface area contributed by atoms with E-state index >= 15 is 0 Å². The Kier molecular flexibility index (Phi) is 4.06. The van der Waals surface area contributed by atoms with Crippen LogP contribution in [0.25, 0.3) is 22.6 Å². The molecular formula is C20H19N3O4S. The maximum Gasteiger partial charge on any atom is 0.256 e. The lowest BCUT2D eigenvalue weighted by molar-refractivity contribution is -0.110. The number of rotatable bonds is 3. The molecule has 7 nitrogen and oxygen atoms in total. The van der Waals surface area contributed by atoms with Gasteiger partial charge in [-0.15, -0.1) is 0 Å². The lowest BCUT2D eigenvalue weighted by atomic mass is 10.0. The van der Waals surface area contributed by atoms with Crippen LogP contribution >= 0.6 is 0 Å². The van der Waals surface area contributed by atoms with Gasteiger partial charge in [-0.05, 0) is 42.5 Å². The molecule has 2 N–H and O–H groups in total. The Morgan fingerprint density at radius 2 is 1.89 bits per heavy atom. The molecule has 1 aromatic heterocycles. The molecule has 1 aliphatic heterocycles. The number of carbonyl (C=O) groups excluding carboxylic acids is 1. The van der Waals surface area contributed by atoms with E-state index in [1.54, 1.807) is 30.3 Å². The molecule has 144 valence electrons. The van der Waals surface area contributed by atoms with Crippen molar-refractivity contribution in [1.29, 1.82) is 0 Å². The summed E-state index contributed by atoms with van der Waals surface area (Å²) in [6.45, 7) is 0. The van der Waals surface area contributed by atoms with Gasteiger partial charge < -0.3 is 15.0 Å². The van der Waals surface area contributed by atoms with Crippen molar-refractivity contribution < 1.29 is 18.3 Å². The maximum absolute atomic E-state index is 12.5. The highest BCUT2D eigenvalue weighted by atomic mass is 32.2. The molecule has 0 bridgehead atoms. The zero-order valence-electron chi connectivity index (χ0n) is 15.6. The molecule has 2 aromatic carbocycles. The Balaban J connectivity index is 1.90. The quantitative estimate of drug-likeness (QED) is 0.665. The number of amides is 1. The number of aromatic nitrogens is 1. The second-order valence-corrected chi connectivity index (χ2v) is 9.06. The van der Waals surface area contributed by atoms with Crippen LogP contribution in [-0.2, 0) is 21.9 Å². The summed E-state index contributed by atoms with van der Waals surface area (Å²) in [5.74, 6) is -0.166. The van der Waals surface area contributed by atoms with Gasteiger partial charge in [0.1, 0.15) is 5.75 Å². The van der Waals surface area contributed by atoms with Crippen molar-refractivity contribution in [3.8, 4) is 5.75 Å². The number of benzene rings is 2. The first-order valence-corrected chi connectivity index (χ1v) is 10.0. The summed E-state index contributed by atoms with van der Waals surface area (Å²) in [6.07, 6.45) is 3.58. The SMILES string of the molecule is CN(C)S(=O)(=O)c1ccc2c(c1)C(=Cc1cn(C)c3ccc(O)cc13)C(=O)N2. The zero-order chi connectivity index (χ0) is 20.2. The smallest absolute Gasteiger partial charge is 0.256 e. The third kappa shape index (κ3) is 2.78. The minimum Gasteiger partial charge on any atom is -0.508 e. The summed E-state index contributed by atoms with van der Waals surface area (Å²) in [5, 5.41) is 13.4. The van der Waals surface area contributed by atoms with Crippen LogP contribution in [-0.4, -0.2) is 42.4 Å². The molecule has 0 saturated heterocycles. The highest BCUT2D eigenvalue weighted by Gasteiger charge is 2.27. The number of anilines is 1. The molecular weight excluding hydrogens is 378 g/mol. The predicted molar refractivity (Wildman–Crippen MR) is 108 cm³/mol. The number of sulfonamides is 1. The molecule has 1 amide bonds. The van der Waals surface area contributed by atoms with Gasteiger partial charge in [-0.2, -0.15) is 0 Å². The van der Waals surface area contributed by atoms with Crippen LogP contribution < -0.4 is 5.32 Å². The van der Waals surface area contributed by atoms with Crippen molar-refractivity contribution in [1.82, 2.24) is 8.87 Å². The Morgan fingerprint density at radius 1 is 1.14 bits per heavy atom. The van der Waals surface area contributed by atoms with Gasteiger partial charge in [0.2, 0.25) is 10.0 Å². The van der Waals surface area contributed by atoms with E-state index in [1.807, 2.05) is 17.8 Å². The third-order valence-corrected chi connectivity index (χ3v) is 6.67. The van der Waals surface area contributed by atoms with Crippen molar-refractivity contribution >= 4 is 44.2 Å². The predicted octanol–water partition coefficient (Wildman–Crippen LogP) is 2.63. The standard InChI is InChI=1S/C20H19N3O4S/c1-22(2)28(26,27)14-5-6-18-16(10-14)17(20(25)21-18)8-12-11-23(3)19-7-4-13(24)9-15(12)19/h4-11,24H,1-3H3,(H,21,25). The monoisotopic (exact) mass is 397 g/mol. The van der Waals surface area contributed by atoms with Crippen LogP contribution in [0.4, 0.5) is 5.69 Å². The van der Waals surface area contributed by atoms with Gasteiger partial charge >= 0.3 is 0 Å². The van der Waals surface area contributed by atoms with E-state index in [4.69, 9.17) is 0 Å². The van der Waals surface area contributed by atoms with Gasteiger partial charge in [-0.3, -0.25) is 4.79 Å². The molecule has 0 atom stereocenters. The average molecular weight is 397 g/mol. The largest absolute Gasteiger partial charge is 0.508 e.